The average molecular weight is 498 g/mol. The van der Waals surface area contributed by atoms with Gasteiger partial charge in [0.25, 0.3) is 0 Å². The number of benzene rings is 1. The van der Waals surface area contributed by atoms with Gasteiger partial charge in [-0.15, -0.1) is 40.8 Å². The molecular formula is C20H31IN6O. The van der Waals surface area contributed by atoms with Crippen LogP contribution in [0.2, 0.25) is 0 Å². The van der Waals surface area contributed by atoms with Crippen molar-refractivity contribution in [3.05, 3.63) is 60.2 Å². The lowest BCUT2D eigenvalue weighted by atomic mass is 10.1. The van der Waals surface area contributed by atoms with Crippen LogP contribution in [0.15, 0.2) is 48.0 Å². The van der Waals surface area contributed by atoms with Gasteiger partial charge in [-0.05, 0) is 25.8 Å². The van der Waals surface area contributed by atoms with Crippen molar-refractivity contribution in [3.63, 3.8) is 0 Å². The lowest BCUT2D eigenvalue weighted by Gasteiger charge is -2.14. The van der Waals surface area contributed by atoms with Gasteiger partial charge in [0.05, 0.1) is 6.10 Å². The largest absolute Gasteiger partial charge is 0.374 e. The fourth-order valence-electron chi connectivity index (χ4n) is 2.44. The fraction of sp³-hybridized carbons (Fsp3) is 0.450. The summed E-state index contributed by atoms with van der Waals surface area (Å²) in [5, 5.41) is 14.7. The van der Waals surface area contributed by atoms with Crippen LogP contribution >= 0.6 is 24.0 Å². The van der Waals surface area contributed by atoms with E-state index in [1.807, 2.05) is 36.7 Å². The van der Waals surface area contributed by atoms with Crippen LogP contribution in [0.3, 0.4) is 0 Å². The van der Waals surface area contributed by atoms with Crippen LogP contribution in [0.5, 0.6) is 0 Å². The summed E-state index contributed by atoms with van der Waals surface area (Å²) in [6, 6.07) is 10.2. The summed E-state index contributed by atoms with van der Waals surface area (Å²) in [7, 11) is 1.94. The maximum absolute atomic E-state index is 5.90. The average Bonchev–Trinajstić information content (AvgIpc) is 3.01. The topological polar surface area (TPSA) is 76.4 Å². The van der Waals surface area contributed by atoms with E-state index < -0.39 is 0 Å². The highest BCUT2D eigenvalue weighted by atomic mass is 127. The highest BCUT2D eigenvalue weighted by Crippen LogP contribution is 2.15. The number of guanidine groups is 1. The second-order valence-corrected chi connectivity index (χ2v) is 6.26. The van der Waals surface area contributed by atoms with Gasteiger partial charge < -0.3 is 19.9 Å². The molecule has 0 aliphatic heterocycles. The minimum atomic E-state index is 0. The summed E-state index contributed by atoms with van der Waals surface area (Å²) in [6.07, 6.45) is 2.78. The standard InChI is InChI=1S/C20H30N6O.HI/c1-5-12-21-20(23-15-19-25-24-17(3)26(19)4)22-13-9-14-27-16(2)18-10-7-6-8-11-18;/h5-8,10-11,16H,1,9,12-15H2,2-4H3,(H2,21,22,23);1H. The Morgan fingerprint density at radius 3 is 2.68 bits per heavy atom. The molecule has 7 nitrogen and oxygen atoms in total. The SMILES string of the molecule is C=CCNC(=NCc1nnc(C)n1C)NCCCOC(C)c1ccccc1.I. The van der Waals surface area contributed by atoms with E-state index in [4.69, 9.17) is 4.74 Å². The third-order valence-corrected chi connectivity index (χ3v) is 4.23. The van der Waals surface area contributed by atoms with Gasteiger partial charge in [0, 0.05) is 26.7 Å². The van der Waals surface area contributed by atoms with Gasteiger partial charge in [-0.2, -0.15) is 0 Å². The van der Waals surface area contributed by atoms with Crippen molar-refractivity contribution in [2.45, 2.75) is 32.9 Å². The van der Waals surface area contributed by atoms with Gasteiger partial charge in [0.1, 0.15) is 12.4 Å². The molecule has 0 amide bonds. The maximum Gasteiger partial charge on any atom is 0.191 e. The van der Waals surface area contributed by atoms with E-state index in [0.29, 0.717) is 19.7 Å². The van der Waals surface area contributed by atoms with E-state index in [1.54, 1.807) is 6.08 Å². The van der Waals surface area contributed by atoms with Crippen molar-refractivity contribution in [2.24, 2.45) is 12.0 Å². The molecule has 0 bridgehead atoms. The Morgan fingerprint density at radius 2 is 2.04 bits per heavy atom. The van der Waals surface area contributed by atoms with Gasteiger partial charge in [-0.25, -0.2) is 4.99 Å². The minimum absolute atomic E-state index is 0. The summed E-state index contributed by atoms with van der Waals surface area (Å²) in [5.74, 6) is 2.43. The van der Waals surface area contributed by atoms with Gasteiger partial charge in [0.15, 0.2) is 11.8 Å². The zero-order chi connectivity index (χ0) is 19.5. The van der Waals surface area contributed by atoms with Crippen molar-refractivity contribution in [1.29, 1.82) is 0 Å². The predicted molar refractivity (Wildman–Crippen MR) is 124 cm³/mol. The van der Waals surface area contributed by atoms with Crippen LogP contribution in [0.1, 0.15) is 36.7 Å². The highest BCUT2D eigenvalue weighted by molar-refractivity contribution is 14.0. The highest BCUT2D eigenvalue weighted by Gasteiger charge is 2.06. The Labute approximate surface area is 184 Å². The molecule has 0 spiro atoms. The minimum Gasteiger partial charge on any atom is -0.374 e. The molecule has 0 radical (unpaired) electrons. The number of hydrogen-bond acceptors (Lipinski definition) is 4. The maximum atomic E-state index is 5.90. The van der Waals surface area contributed by atoms with Crippen LogP contribution < -0.4 is 10.6 Å². The number of rotatable bonds is 10. The van der Waals surface area contributed by atoms with E-state index >= 15 is 0 Å². The molecule has 0 fully saturated rings. The zero-order valence-electron chi connectivity index (χ0n) is 16.9. The molecule has 154 valence electrons. The first-order chi connectivity index (χ1) is 13.1. The molecule has 2 N–H and O–H groups in total. The van der Waals surface area contributed by atoms with Gasteiger partial charge in [-0.1, -0.05) is 36.4 Å². The summed E-state index contributed by atoms with van der Waals surface area (Å²) < 4.78 is 7.84. The molecule has 1 unspecified atom stereocenters. The monoisotopic (exact) mass is 498 g/mol. The van der Waals surface area contributed by atoms with Crippen LogP contribution in [0.4, 0.5) is 0 Å². The number of halogens is 1. The number of nitrogens with one attached hydrogen (secondary N) is 2. The van der Waals surface area contributed by atoms with E-state index in [2.05, 4.69) is 51.5 Å². The quantitative estimate of drug-likeness (QED) is 0.173. The normalized spacial score (nSPS) is 12.2. The summed E-state index contributed by atoms with van der Waals surface area (Å²) in [6.45, 7) is 10.3. The van der Waals surface area contributed by atoms with Crippen molar-refractivity contribution in [2.75, 3.05) is 19.7 Å². The molecule has 8 heteroatoms. The molecule has 2 aromatic rings. The first kappa shape index (κ1) is 24.1. The van der Waals surface area contributed by atoms with E-state index in [0.717, 1.165) is 30.6 Å². The Hall–Kier alpha value is -1.94. The van der Waals surface area contributed by atoms with Gasteiger partial charge in [-0.3, -0.25) is 0 Å². The summed E-state index contributed by atoms with van der Waals surface area (Å²) >= 11 is 0. The third kappa shape index (κ3) is 7.97. The number of aromatic nitrogens is 3. The van der Waals surface area contributed by atoms with Crippen molar-refractivity contribution >= 4 is 29.9 Å². The molecule has 0 aliphatic rings. The van der Waals surface area contributed by atoms with Crippen molar-refractivity contribution in [3.8, 4) is 0 Å². The lowest BCUT2D eigenvalue weighted by Crippen LogP contribution is -2.38. The zero-order valence-corrected chi connectivity index (χ0v) is 19.2. The number of aryl methyl sites for hydroxylation is 1. The molecule has 1 heterocycles. The Morgan fingerprint density at radius 1 is 1.29 bits per heavy atom. The smallest absolute Gasteiger partial charge is 0.191 e. The molecule has 28 heavy (non-hydrogen) atoms. The molecule has 1 atom stereocenters. The molecule has 1 aromatic carbocycles. The molecule has 0 aliphatic carbocycles. The second kappa shape index (κ2) is 13.3. The van der Waals surface area contributed by atoms with E-state index in [9.17, 15) is 0 Å². The van der Waals surface area contributed by atoms with Gasteiger partial charge in [0.2, 0.25) is 0 Å². The van der Waals surface area contributed by atoms with E-state index in [1.165, 1.54) is 5.56 Å². The second-order valence-electron chi connectivity index (χ2n) is 6.26. The molecule has 0 saturated carbocycles. The molecular weight excluding hydrogens is 467 g/mol. The van der Waals surface area contributed by atoms with Crippen LogP contribution in [-0.2, 0) is 18.3 Å². The van der Waals surface area contributed by atoms with E-state index in [-0.39, 0.29) is 30.1 Å². The third-order valence-electron chi connectivity index (χ3n) is 4.23. The summed E-state index contributed by atoms with van der Waals surface area (Å²) in [4.78, 5) is 4.57. The van der Waals surface area contributed by atoms with Gasteiger partial charge >= 0.3 is 0 Å². The molecule has 1 aromatic heterocycles. The lowest BCUT2D eigenvalue weighted by molar-refractivity contribution is 0.0646. The van der Waals surface area contributed by atoms with Crippen molar-refractivity contribution < 1.29 is 4.74 Å². The number of aliphatic imine (C=N–C) groups is 1. The van der Waals surface area contributed by atoms with Crippen LogP contribution in [0.25, 0.3) is 0 Å². The first-order valence-corrected chi connectivity index (χ1v) is 9.26. The molecule has 0 saturated heterocycles. The van der Waals surface area contributed by atoms with Crippen LogP contribution in [0, 0.1) is 6.92 Å². The van der Waals surface area contributed by atoms with Crippen LogP contribution in [-0.4, -0.2) is 40.4 Å². The number of ether oxygens (including phenoxy) is 1. The Bertz CT molecular complexity index is 732. The predicted octanol–water partition coefficient (Wildman–Crippen LogP) is 3.13. The Kier molecular flexibility index (Phi) is 11.4. The first-order valence-electron chi connectivity index (χ1n) is 9.26. The molecule has 2 rings (SSSR count). The van der Waals surface area contributed by atoms with Crippen molar-refractivity contribution in [1.82, 2.24) is 25.4 Å². The Balaban J connectivity index is 0.00000392. The number of nitrogens with zero attached hydrogens (tertiary/aromatic N) is 4. The number of hydrogen-bond donors (Lipinski definition) is 2. The summed E-state index contributed by atoms with van der Waals surface area (Å²) in [5.41, 5.74) is 1.19. The fourth-order valence-corrected chi connectivity index (χ4v) is 2.44.